The molecular weight excluding hydrogens is 212 g/mol. The Morgan fingerprint density at radius 3 is 2.18 bits per heavy atom. The first-order chi connectivity index (χ1) is 7.97. The van der Waals surface area contributed by atoms with Crippen molar-refractivity contribution in [3.05, 3.63) is 35.5 Å². The smallest absolute Gasteiger partial charge is 0.158 e. The van der Waals surface area contributed by atoms with Gasteiger partial charge < -0.3 is 5.11 Å². The van der Waals surface area contributed by atoms with Crippen LogP contribution in [0.15, 0.2) is 35.5 Å². The maximum atomic E-state index is 11.4. The van der Waals surface area contributed by atoms with Crippen molar-refractivity contribution in [2.75, 3.05) is 6.61 Å². The number of ketones is 1. The van der Waals surface area contributed by atoms with Crippen LogP contribution in [0.2, 0.25) is 0 Å². The Morgan fingerprint density at radius 1 is 1.06 bits per heavy atom. The van der Waals surface area contributed by atoms with Crippen LogP contribution in [0.4, 0.5) is 0 Å². The monoisotopic (exact) mass is 236 g/mol. The van der Waals surface area contributed by atoms with Crippen LogP contribution in [0.25, 0.3) is 0 Å². The third kappa shape index (κ3) is 8.64. The van der Waals surface area contributed by atoms with E-state index in [1.165, 1.54) is 11.1 Å². The molecule has 0 aromatic heterocycles. The zero-order valence-electron chi connectivity index (χ0n) is 11.3. The van der Waals surface area contributed by atoms with Gasteiger partial charge in [0, 0.05) is 6.42 Å². The number of hydrogen-bond donors (Lipinski definition) is 1. The van der Waals surface area contributed by atoms with Crippen molar-refractivity contribution in [2.24, 2.45) is 0 Å². The van der Waals surface area contributed by atoms with Crippen LogP contribution in [0.5, 0.6) is 0 Å². The highest BCUT2D eigenvalue weighted by atomic mass is 16.2. The molecule has 96 valence electrons. The van der Waals surface area contributed by atoms with E-state index in [1.54, 1.807) is 6.92 Å². The number of aliphatic hydroxyl groups is 1. The largest absolute Gasteiger partial charge is 0.392 e. The van der Waals surface area contributed by atoms with E-state index in [-0.39, 0.29) is 12.4 Å². The molecule has 2 nitrogen and oxygen atoms in total. The van der Waals surface area contributed by atoms with E-state index >= 15 is 0 Å². The number of carbonyl (C=O) groups is 1. The molecule has 0 aliphatic heterocycles. The maximum Gasteiger partial charge on any atom is 0.158 e. The Labute approximate surface area is 105 Å². The Kier molecular flexibility index (Phi) is 8.34. The predicted octanol–water partition coefficient (Wildman–Crippen LogP) is 3.58. The zero-order chi connectivity index (χ0) is 13.3. The molecule has 0 unspecified atom stereocenters. The lowest BCUT2D eigenvalue weighted by Crippen LogP contribution is -1.98. The SMILES string of the molecule is C=C(C)C(=O)CC/C(C)=C/CC/C(C)=C\CO. The Morgan fingerprint density at radius 2 is 1.65 bits per heavy atom. The average Bonchev–Trinajstić information content (AvgIpc) is 2.26. The molecule has 0 radical (unpaired) electrons. The van der Waals surface area contributed by atoms with E-state index in [1.807, 2.05) is 13.0 Å². The number of aliphatic hydroxyl groups excluding tert-OH is 1. The molecule has 0 aromatic rings. The minimum absolute atomic E-state index is 0.113. The predicted molar refractivity (Wildman–Crippen MR) is 72.9 cm³/mol. The van der Waals surface area contributed by atoms with Crippen LogP contribution in [0.1, 0.15) is 46.5 Å². The highest BCUT2D eigenvalue weighted by Crippen LogP contribution is 2.11. The van der Waals surface area contributed by atoms with Crippen LogP contribution in [-0.4, -0.2) is 17.5 Å². The van der Waals surface area contributed by atoms with E-state index in [2.05, 4.69) is 19.6 Å². The van der Waals surface area contributed by atoms with E-state index in [0.717, 1.165) is 19.3 Å². The van der Waals surface area contributed by atoms with Crippen LogP contribution >= 0.6 is 0 Å². The van der Waals surface area contributed by atoms with Crippen LogP contribution in [0, 0.1) is 0 Å². The molecule has 17 heavy (non-hydrogen) atoms. The molecule has 0 bridgehead atoms. The third-order valence-corrected chi connectivity index (χ3v) is 2.69. The van der Waals surface area contributed by atoms with Gasteiger partial charge in [-0.1, -0.05) is 29.9 Å². The molecule has 0 rings (SSSR count). The van der Waals surface area contributed by atoms with E-state index < -0.39 is 0 Å². The second-order valence-corrected chi connectivity index (χ2v) is 4.53. The summed E-state index contributed by atoms with van der Waals surface area (Å²) < 4.78 is 0. The standard InChI is InChI=1S/C15H24O2/c1-12(2)15(17)9-8-13(3)6-5-7-14(4)10-11-16/h6,10,16H,1,5,7-9,11H2,2-4H3/b13-6+,14-10-. The molecule has 2 heteroatoms. The average molecular weight is 236 g/mol. The van der Waals surface area contributed by atoms with E-state index in [0.29, 0.717) is 12.0 Å². The summed E-state index contributed by atoms with van der Waals surface area (Å²) in [5.74, 6) is 0.147. The molecule has 0 fully saturated rings. The number of hydrogen-bond acceptors (Lipinski definition) is 2. The van der Waals surface area contributed by atoms with Gasteiger partial charge in [-0.3, -0.25) is 4.79 Å². The fourth-order valence-corrected chi connectivity index (χ4v) is 1.43. The topological polar surface area (TPSA) is 37.3 Å². The van der Waals surface area contributed by atoms with Crippen molar-refractivity contribution in [3.63, 3.8) is 0 Å². The van der Waals surface area contributed by atoms with Gasteiger partial charge in [0.05, 0.1) is 6.61 Å². The van der Waals surface area contributed by atoms with Crippen molar-refractivity contribution < 1.29 is 9.90 Å². The first-order valence-corrected chi connectivity index (χ1v) is 6.08. The highest BCUT2D eigenvalue weighted by Gasteiger charge is 2.02. The van der Waals surface area contributed by atoms with E-state index in [9.17, 15) is 4.79 Å². The van der Waals surface area contributed by atoms with Gasteiger partial charge in [-0.15, -0.1) is 0 Å². The van der Waals surface area contributed by atoms with Crippen molar-refractivity contribution >= 4 is 5.78 Å². The van der Waals surface area contributed by atoms with Crippen molar-refractivity contribution in [1.82, 2.24) is 0 Å². The summed E-state index contributed by atoms with van der Waals surface area (Å²) >= 11 is 0. The van der Waals surface area contributed by atoms with Gasteiger partial charge in [0.25, 0.3) is 0 Å². The first-order valence-electron chi connectivity index (χ1n) is 6.08. The van der Waals surface area contributed by atoms with Gasteiger partial charge in [0.1, 0.15) is 0 Å². The molecule has 0 aromatic carbocycles. The van der Waals surface area contributed by atoms with Gasteiger partial charge in [0.15, 0.2) is 5.78 Å². The fourth-order valence-electron chi connectivity index (χ4n) is 1.43. The molecular formula is C15H24O2. The van der Waals surface area contributed by atoms with Crippen LogP contribution in [-0.2, 0) is 4.79 Å². The quantitative estimate of drug-likeness (QED) is 0.516. The van der Waals surface area contributed by atoms with E-state index in [4.69, 9.17) is 5.11 Å². The lowest BCUT2D eigenvalue weighted by molar-refractivity contribution is -0.115. The number of carbonyl (C=O) groups excluding carboxylic acids is 1. The lowest BCUT2D eigenvalue weighted by Gasteiger charge is -2.02. The number of allylic oxidation sites excluding steroid dienone is 4. The first kappa shape index (κ1) is 15.9. The zero-order valence-corrected chi connectivity index (χ0v) is 11.3. The fraction of sp³-hybridized carbons (Fsp3) is 0.533. The molecule has 0 atom stereocenters. The molecule has 0 aliphatic rings. The third-order valence-electron chi connectivity index (χ3n) is 2.69. The summed E-state index contributed by atoms with van der Waals surface area (Å²) in [6.07, 6.45) is 7.30. The Balaban J connectivity index is 3.91. The summed E-state index contributed by atoms with van der Waals surface area (Å²) in [6, 6.07) is 0. The summed E-state index contributed by atoms with van der Waals surface area (Å²) in [4.78, 5) is 11.4. The van der Waals surface area contributed by atoms with Gasteiger partial charge >= 0.3 is 0 Å². The molecule has 0 heterocycles. The van der Waals surface area contributed by atoms with Gasteiger partial charge in [-0.25, -0.2) is 0 Å². The van der Waals surface area contributed by atoms with Crippen molar-refractivity contribution in [1.29, 1.82) is 0 Å². The van der Waals surface area contributed by atoms with Gasteiger partial charge in [-0.2, -0.15) is 0 Å². The van der Waals surface area contributed by atoms with Gasteiger partial charge in [-0.05, 0) is 45.6 Å². The molecule has 0 aliphatic carbocycles. The minimum atomic E-state index is 0.113. The summed E-state index contributed by atoms with van der Waals surface area (Å²) in [5.41, 5.74) is 3.09. The van der Waals surface area contributed by atoms with Crippen molar-refractivity contribution in [2.45, 2.75) is 46.5 Å². The van der Waals surface area contributed by atoms with Gasteiger partial charge in [0.2, 0.25) is 0 Å². The van der Waals surface area contributed by atoms with Crippen LogP contribution in [0.3, 0.4) is 0 Å². The second-order valence-electron chi connectivity index (χ2n) is 4.53. The highest BCUT2D eigenvalue weighted by molar-refractivity contribution is 5.94. The normalized spacial score (nSPS) is 12.7. The Bertz CT molecular complexity index is 322. The molecule has 0 amide bonds. The summed E-state index contributed by atoms with van der Waals surface area (Å²) in [7, 11) is 0. The van der Waals surface area contributed by atoms with Crippen LogP contribution < -0.4 is 0 Å². The number of rotatable bonds is 8. The summed E-state index contributed by atoms with van der Waals surface area (Å²) in [6.45, 7) is 9.58. The Hall–Kier alpha value is -1.15. The lowest BCUT2D eigenvalue weighted by atomic mass is 10.0. The molecule has 0 spiro atoms. The maximum absolute atomic E-state index is 11.4. The van der Waals surface area contributed by atoms with Crippen molar-refractivity contribution in [3.8, 4) is 0 Å². The summed E-state index contributed by atoms with van der Waals surface area (Å²) in [5, 5.41) is 8.70. The second kappa shape index (κ2) is 8.94. The minimum Gasteiger partial charge on any atom is -0.392 e. The number of Topliss-reactive ketones (excluding diaryl/α,β-unsaturated/α-hetero) is 1. The molecule has 0 saturated carbocycles. The molecule has 0 saturated heterocycles. The molecule has 1 N–H and O–H groups in total.